The summed E-state index contributed by atoms with van der Waals surface area (Å²) in [6.45, 7) is 2.45. The van der Waals surface area contributed by atoms with Gasteiger partial charge in [0.15, 0.2) is 0 Å². The van der Waals surface area contributed by atoms with Crippen LogP contribution in [0.1, 0.15) is 25.3 Å². The molecule has 1 atom stereocenters. The van der Waals surface area contributed by atoms with Gasteiger partial charge in [0.2, 0.25) is 0 Å². The van der Waals surface area contributed by atoms with Crippen LogP contribution in [0, 0.1) is 0 Å². The van der Waals surface area contributed by atoms with Gasteiger partial charge in [0, 0.05) is 32.1 Å². The Kier molecular flexibility index (Phi) is 3.74. The lowest BCUT2D eigenvalue weighted by atomic mass is 10.2. The number of carbonyl (C=O) groups is 1. The highest BCUT2D eigenvalue weighted by Crippen LogP contribution is 2.29. The number of carbonyl (C=O) groups excluding carboxylic acids is 1. The number of hydrogen-bond donors (Lipinski definition) is 0. The molecule has 1 fully saturated rings. The van der Waals surface area contributed by atoms with Gasteiger partial charge in [-0.25, -0.2) is 0 Å². The van der Waals surface area contributed by atoms with E-state index in [1.165, 1.54) is 0 Å². The van der Waals surface area contributed by atoms with Gasteiger partial charge in [0.25, 0.3) is 5.91 Å². The molecule has 1 aliphatic rings. The van der Waals surface area contributed by atoms with Crippen molar-refractivity contribution in [3.8, 4) is 0 Å². The second kappa shape index (κ2) is 5.27. The molecule has 0 aromatic carbocycles. The first-order valence-corrected chi connectivity index (χ1v) is 5.94. The fraction of sp³-hybridized carbons (Fsp3) is 0.538. The highest BCUT2D eigenvalue weighted by Gasteiger charge is 2.34. The lowest BCUT2D eigenvalue weighted by molar-refractivity contribution is -0.142. The fourth-order valence-corrected chi connectivity index (χ4v) is 1.79. The van der Waals surface area contributed by atoms with Crippen molar-refractivity contribution in [2.24, 2.45) is 0 Å². The van der Waals surface area contributed by atoms with Crippen molar-refractivity contribution in [1.29, 1.82) is 0 Å². The second-order valence-electron chi connectivity index (χ2n) is 4.43. The van der Waals surface area contributed by atoms with Gasteiger partial charge < -0.3 is 9.64 Å². The predicted octanol–water partition coefficient (Wildman–Crippen LogP) is 1.61. The number of pyridine rings is 1. The lowest BCUT2D eigenvalue weighted by Crippen LogP contribution is -2.39. The second-order valence-corrected chi connectivity index (χ2v) is 4.43. The number of hydrogen-bond acceptors (Lipinski definition) is 3. The van der Waals surface area contributed by atoms with Crippen molar-refractivity contribution in [2.75, 3.05) is 7.11 Å². The Balaban J connectivity index is 2.05. The summed E-state index contributed by atoms with van der Waals surface area (Å²) >= 11 is 0. The van der Waals surface area contributed by atoms with Gasteiger partial charge in [-0.05, 0) is 37.5 Å². The molecule has 2 rings (SSSR count). The number of amides is 1. The van der Waals surface area contributed by atoms with Crippen molar-refractivity contribution < 1.29 is 9.53 Å². The SMILES string of the molecule is COC(C)C(=O)N(Cc1ccncc1)C1CC1. The summed E-state index contributed by atoms with van der Waals surface area (Å²) in [5.41, 5.74) is 1.11. The summed E-state index contributed by atoms with van der Waals surface area (Å²) in [4.78, 5) is 18.0. The molecule has 1 unspecified atom stereocenters. The van der Waals surface area contributed by atoms with Crippen LogP contribution in [0.5, 0.6) is 0 Å². The minimum Gasteiger partial charge on any atom is -0.372 e. The van der Waals surface area contributed by atoms with Crippen LogP contribution in [0.4, 0.5) is 0 Å². The molecule has 92 valence electrons. The number of nitrogens with zero attached hydrogens (tertiary/aromatic N) is 2. The average molecular weight is 234 g/mol. The first kappa shape index (κ1) is 12.0. The maximum atomic E-state index is 12.1. The molecular weight excluding hydrogens is 216 g/mol. The van der Waals surface area contributed by atoms with E-state index in [1.54, 1.807) is 26.4 Å². The molecule has 1 amide bonds. The van der Waals surface area contributed by atoms with Crippen molar-refractivity contribution >= 4 is 5.91 Å². The molecule has 4 heteroatoms. The molecule has 0 saturated heterocycles. The first-order chi connectivity index (χ1) is 8.22. The highest BCUT2D eigenvalue weighted by atomic mass is 16.5. The Morgan fingerprint density at radius 2 is 2.18 bits per heavy atom. The number of methoxy groups -OCH3 is 1. The van der Waals surface area contributed by atoms with Crippen LogP contribution in [0.15, 0.2) is 24.5 Å². The minimum absolute atomic E-state index is 0.0758. The summed E-state index contributed by atoms with van der Waals surface area (Å²) in [7, 11) is 1.57. The van der Waals surface area contributed by atoms with Crippen LogP contribution >= 0.6 is 0 Å². The number of rotatable bonds is 5. The van der Waals surface area contributed by atoms with Gasteiger partial charge in [-0.2, -0.15) is 0 Å². The zero-order valence-corrected chi connectivity index (χ0v) is 10.3. The molecule has 0 aliphatic heterocycles. The van der Waals surface area contributed by atoms with Crippen molar-refractivity contribution in [1.82, 2.24) is 9.88 Å². The zero-order chi connectivity index (χ0) is 12.3. The average Bonchev–Trinajstić information content (AvgIpc) is 3.19. The summed E-state index contributed by atoms with van der Waals surface area (Å²) in [5, 5.41) is 0. The van der Waals surface area contributed by atoms with E-state index in [-0.39, 0.29) is 12.0 Å². The maximum Gasteiger partial charge on any atom is 0.251 e. The van der Waals surface area contributed by atoms with Crippen LogP contribution < -0.4 is 0 Å². The van der Waals surface area contributed by atoms with E-state index in [0.29, 0.717) is 12.6 Å². The minimum atomic E-state index is -0.363. The summed E-state index contributed by atoms with van der Waals surface area (Å²) in [5.74, 6) is 0.0758. The highest BCUT2D eigenvalue weighted by molar-refractivity contribution is 5.81. The molecule has 4 nitrogen and oxygen atoms in total. The first-order valence-electron chi connectivity index (χ1n) is 5.94. The molecule has 1 aromatic rings. The van der Waals surface area contributed by atoms with Crippen LogP contribution in [0.2, 0.25) is 0 Å². The summed E-state index contributed by atoms with van der Waals surface area (Å²) in [6, 6.07) is 4.29. The summed E-state index contributed by atoms with van der Waals surface area (Å²) < 4.78 is 5.11. The Hall–Kier alpha value is -1.42. The molecule has 0 bridgehead atoms. The van der Waals surface area contributed by atoms with Crippen molar-refractivity contribution in [2.45, 2.75) is 38.5 Å². The van der Waals surface area contributed by atoms with Gasteiger partial charge >= 0.3 is 0 Å². The van der Waals surface area contributed by atoms with E-state index < -0.39 is 0 Å². The Morgan fingerprint density at radius 1 is 1.53 bits per heavy atom. The largest absolute Gasteiger partial charge is 0.372 e. The number of aromatic nitrogens is 1. The monoisotopic (exact) mass is 234 g/mol. The molecular formula is C13H18N2O2. The molecule has 17 heavy (non-hydrogen) atoms. The Morgan fingerprint density at radius 3 is 2.71 bits per heavy atom. The van der Waals surface area contributed by atoms with E-state index in [9.17, 15) is 4.79 Å². The zero-order valence-electron chi connectivity index (χ0n) is 10.3. The van der Waals surface area contributed by atoms with E-state index in [2.05, 4.69) is 4.98 Å². The van der Waals surface area contributed by atoms with Crippen LogP contribution in [-0.4, -0.2) is 35.0 Å². The topological polar surface area (TPSA) is 42.4 Å². The van der Waals surface area contributed by atoms with E-state index >= 15 is 0 Å². The van der Waals surface area contributed by atoms with Gasteiger partial charge in [0.1, 0.15) is 6.10 Å². The van der Waals surface area contributed by atoms with Gasteiger partial charge in [-0.1, -0.05) is 0 Å². The van der Waals surface area contributed by atoms with Crippen LogP contribution in [-0.2, 0) is 16.1 Å². The van der Waals surface area contributed by atoms with Crippen LogP contribution in [0.25, 0.3) is 0 Å². The molecule has 0 N–H and O–H groups in total. The normalized spacial score (nSPS) is 16.6. The standard InChI is InChI=1S/C13H18N2O2/c1-10(17-2)13(16)15(12-3-4-12)9-11-5-7-14-8-6-11/h5-8,10,12H,3-4,9H2,1-2H3. The van der Waals surface area contributed by atoms with E-state index in [1.807, 2.05) is 17.0 Å². The van der Waals surface area contributed by atoms with Gasteiger partial charge in [-0.15, -0.1) is 0 Å². The molecule has 0 radical (unpaired) electrons. The fourth-order valence-electron chi connectivity index (χ4n) is 1.79. The van der Waals surface area contributed by atoms with Crippen LogP contribution in [0.3, 0.4) is 0 Å². The number of ether oxygens (including phenoxy) is 1. The predicted molar refractivity (Wildman–Crippen MR) is 64.3 cm³/mol. The third kappa shape index (κ3) is 3.03. The van der Waals surface area contributed by atoms with Crippen molar-refractivity contribution in [3.05, 3.63) is 30.1 Å². The molecule has 1 saturated carbocycles. The Bertz CT molecular complexity index is 376. The third-order valence-corrected chi connectivity index (χ3v) is 3.07. The molecule has 1 aliphatic carbocycles. The van der Waals surface area contributed by atoms with E-state index in [4.69, 9.17) is 4.74 Å². The van der Waals surface area contributed by atoms with E-state index in [0.717, 1.165) is 18.4 Å². The maximum absolute atomic E-state index is 12.1. The third-order valence-electron chi connectivity index (χ3n) is 3.07. The molecule has 1 heterocycles. The van der Waals surface area contributed by atoms with Crippen molar-refractivity contribution in [3.63, 3.8) is 0 Å². The lowest BCUT2D eigenvalue weighted by Gasteiger charge is -2.25. The molecule has 0 spiro atoms. The smallest absolute Gasteiger partial charge is 0.251 e. The summed E-state index contributed by atoms with van der Waals surface area (Å²) in [6.07, 6.45) is 5.35. The quantitative estimate of drug-likeness (QED) is 0.777. The Labute approximate surface area is 102 Å². The van der Waals surface area contributed by atoms with Gasteiger partial charge in [0.05, 0.1) is 0 Å². The van der Waals surface area contributed by atoms with Gasteiger partial charge in [-0.3, -0.25) is 9.78 Å². The molecule has 1 aromatic heterocycles.